The Bertz CT molecular complexity index is 776. The molecule has 0 aliphatic rings. The minimum atomic E-state index is -0.369. The van der Waals surface area contributed by atoms with Gasteiger partial charge in [-0.1, -0.05) is 0 Å². The van der Waals surface area contributed by atoms with Crippen molar-refractivity contribution in [1.82, 2.24) is 9.78 Å². The summed E-state index contributed by atoms with van der Waals surface area (Å²) in [6.45, 7) is 0. The summed E-state index contributed by atoms with van der Waals surface area (Å²) in [6.07, 6.45) is 2.94. The topological polar surface area (TPSA) is 86.1 Å². The number of aromatic nitrogens is 2. The predicted octanol–water partition coefficient (Wildman–Crippen LogP) is 2.95. The third-order valence-corrected chi connectivity index (χ3v) is 3.18. The van der Waals surface area contributed by atoms with Gasteiger partial charge in [-0.2, -0.15) is 5.10 Å². The number of benzene rings is 1. The molecule has 2 heterocycles. The van der Waals surface area contributed by atoms with Gasteiger partial charge in [-0.15, -0.1) is 0 Å². The summed E-state index contributed by atoms with van der Waals surface area (Å²) < 4.78 is 6.49. The van der Waals surface area contributed by atoms with E-state index in [0.717, 1.165) is 5.69 Å². The van der Waals surface area contributed by atoms with Crippen molar-refractivity contribution in [2.75, 3.05) is 11.1 Å². The minimum Gasteiger partial charge on any atom is -0.452 e. The molecule has 0 unspecified atom stereocenters. The Morgan fingerprint density at radius 2 is 2.00 bits per heavy atom. The SMILES string of the molecule is Nc1ccc(-n2nccc2NC(=O)c2ccoc2Cl)cc1. The molecule has 6 nitrogen and oxygen atoms in total. The van der Waals surface area contributed by atoms with E-state index >= 15 is 0 Å². The lowest BCUT2D eigenvalue weighted by Crippen LogP contribution is -2.14. The number of carbonyl (C=O) groups is 1. The molecule has 0 aliphatic carbocycles. The number of anilines is 2. The zero-order valence-corrected chi connectivity index (χ0v) is 11.5. The molecule has 0 bridgehead atoms. The molecule has 0 saturated heterocycles. The number of nitrogens with one attached hydrogen (secondary N) is 1. The van der Waals surface area contributed by atoms with E-state index in [2.05, 4.69) is 10.4 Å². The first-order chi connectivity index (χ1) is 10.1. The predicted molar refractivity (Wildman–Crippen MR) is 79.6 cm³/mol. The Morgan fingerprint density at radius 3 is 2.67 bits per heavy atom. The number of nitrogen functional groups attached to an aromatic ring is 1. The maximum atomic E-state index is 12.1. The van der Waals surface area contributed by atoms with Crippen LogP contribution in [0.2, 0.25) is 5.22 Å². The van der Waals surface area contributed by atoms with Crippen molar-refractivity contribution in [2.45, 2.75) is 0 Å². The molecule has 21 heavy (non-hydrogen) atoms. The lowest BCUT2D eigenvalue weighted by Gasteiger charge is -2.08. The molecule has 0 aliphatic heterocycles. The summed E-state index contributed by atoms with van der Waals surface area (Å²) in [7, 11) is 0. The van der Waals surface area contributed by atoms with Crippen molar-refractivity contribution >= 4 is 29.0 Å². The van der Waals surface area contributed by atoms with E-state index in [-0.39, 0.29) is 16.7 Å². The molecule has 0 spiro atoms. The first-order valence-electron chi connectivity index (χ1n) is 6.09. The second-order valence-corrected chi connectivity index (χ2v) is 4.63. The lowest BCUT2D eigenvalue weighted by molar-refractivity contribution is 0.102. The Kier molecular flexibility index (Phi) is 3.37. The van der Waals surface area contributed by atoms with Gasteiger partial charge in [0, 0.05) is 11.8 Å². The maximum Gasteiger partial charge on any atom is 0.261 e. The van der Waals surface area contributed by atoms with E-state index < -0.39 is 0 Å². The molecule has 1 amide bonds. The summed E-state index contributed by atoms with van der Waals surface area (Å²) in [4.78, 5) is 12.1. The Balaban J connectivity index is 1.88. The molecule has 0 saturated carbocycles. The van der Waals surface area contributed by atoms with Crippen LogP contribution in [-0.2, 0) is 0 Å². The van der Waals surface area contributed by atoms with E-state index in [1.165, 1.54) is 12.3 Å². The van der Waals surface area contributed by atoms with Gasteiger partial charge in [-0.25, -0.2) is 4.68 Å². The largest absolute Gasteiger partial charge is 0.452 e. The highest BCUT2D eigenvalue weighted by molar-refractivity contribution is 6.32. The van der Waals surface area contributed by atoms with Crippen molar-refractivity contribution in [1.29, 1.82) is 0 Å². The monoisotopic (exact) mass is 302 g/mol. The van der Waals surface area contributed by atoms with Crippen LogP contribution in [0, 0.1) is 0 Å². The van der Waals surface area contributed by atoms with E-state index in [9.17, 15) is 4.79 Å². The highest BCUT2D eigenvalue weighted by atomic mass is 35.5. The highest BCUT2D eigenvalue weighted by Gasteiger charge is 2.15. The highest BCUT2D eigenvalue weighted by Crippen LogP contribution is 2.20. The Morgan fingerprint density at radius 1 is 1.24 bits per heavy atom. The van der Waals surface area contributed by atoms with Gasteiger partial charge in [-0.3, -0.25) is 4.79 Å². The number of halogens is 1. The third-order valence-electron chi connectivity index (χ3n) is 2.88. The number of nitrogens with two attached hydrogens (primary N) is 1. The minimum absolute atomic E-state index is 0.0473. The van der Waals surface area contributed by atoms with Crippen LogP contribution in [0.4, 0.5) is 11.5 Å². The number of hydrogen-bond donors (Lipinski definition) is 2. The smallest absolute Gasteiger partial charge is 0.261 e. The first-order valence-corrected chi connectivity index (χ1v) is 6.47. The number of amides is 1. The van der Waals surface area contributed by atoms with Crippen molar-refractivity contribution < 1.29 is 9.21 Å². The van der Waals surface area contributed by atoms with E-state index in [1.807, 2.05) is 12.1 Å². The van der Waals surface area contributed by atoms with Gasteiger partial charge in [0.1, 0.15) is 5.82 Å². The van der Waals surface area contributed by atoms with Crippen LogP contribution in [0.15, 0.2) is 53.3 Å². The zero-order chi connectivity index (χ0) is 14.8. The van der Waals surface area contributed by atoms with E-state index in [0.29, 0.717) is 11.5 Å². The summed E-state index contributed by atoms with van der Waals surface area (Å²) in [5.41, 5.74) is 7.36. The first kappa shape index (κ1) is 13.3. The van der Waals surface area contributed by atoms with Crippen molar-refractivity contribution in [3.63, 3.8) is 0 Å². The second-order valence-electron chi connectivity index (χ2n) is 4.28. The van der Waals surface area contributed by atoms with Crippen LogP contribution in [0.5, 0.6) is 0 Å². The van der Waals surface area contributed by atoms with Crippen molar-refractivity contribution in [3.05, 3.63) is 59.6 Å². The van der Waals surface area contributed by atoms with Crippen LogP contribution in [0.3, 0.4) is 0 Å². The molecular formula is C14H11ClN4O2. The summed E-state index contributed by atoms with van der Waals surface area (Å²) in [5, 5.41) is 6.96. The molecule has 1 aromatic carbocycles. The second kappa shape index (κ2) is 5.34. The molecule has 7 heteroatoms. The molecule has 106 valence electrons. The van der Waals surface area contributed by atoms with Gasteiger partial charge < -0.3 is 15.5 Å². The third kappa shape index (κ3) is 2.61. The zero-order valence-electron chi connectivity index (χ0n) is 10.8. The fourth-order valence-corrected chi connectivity index (χ4v) is 2.06. The van der Waals surface area contributed by atoms with E-state index in [4.69, 9.17) is 21.8 Å². The molecule has 3 aromatic rings. The standard InChI is InChI=1S/C14H11ClN4O2/c15-13-11(6-8-21-13)14(20)18-12-5-7-17-19(12)10-3-1-9(16)2-4-10/h1-8H,16H2,(H,18,20). The Hall–Kier alpha value is -2.73. The molecule has 0 fully saturated rings. The average molecular weight is 303 g/mol. The van der Waals surface area contributed by atoms with Crippen molar-refractivity contribution in [3.8, 4) is 5.69 Å². The number of hydrogen-bond acceptors (Lipinski definition) is 4. The van der Waals surface area contributed by atoms with Crippen LogP contribution >= 0.6 is 11.6 Å². The summed E-state index contributed by atoms with van der Waals surface area (Å²) >= 11 is 5.79. The van der Waals surface area contributed by atoms with Crippen LogP contribution in [0.25, 0.3) is 5.69 Å². The molecule has 3 N–H and O–H groups in total. The normalized spacial score (nSPS) is 10.5. The average Bonchev–Trinajstić information content (AvgIpc) is 3.09. The quantitative estimate of drug-likeness (QED) is 0.728. The number of furan rings is 1. The maximum absolute atomic E-state index is 12.1. The summed E-state index contributed by atoms with van der Waals surface area (Å²) in [6, 6.07) is 10.3. The number of nitrogens with zero attached hydrogens (tertiary/aromatic N) is 2. The molecule has 0 radical (unpaired) electrons. The Labute approximate surface area is 125 Å². The van der Waals surface area contributed by atoms with Gasteiger partial charge in [0.25, 0.3) is 5.91 Å². The molecule has 3 rings (SSSR count). The van der Waals surface area contributed by atoms with Gasteiger partial charge in [0.05, 0.1) is 23.7 Å². The van der Waals surface area contributed by atoms with Gasteiger partial charge >= 0.3 is 0 Å². The fourth-order valence-electron chi connectivity index (χ4n) is 1.86. The van der Waals surface area contributed by atoms with E-state index in [1.54, 1.807) is 29.1 Å². The number of rotatable bonds is 3. The van der Waals surface area contributed by atoms with Crippen molar-refractivity contribution in [2.24, 2.45) is 0 Å². The number of carbonyl (C=O) groups excluding carboxylic acids is 1. The summed E-state index contributed by atoms with van der Waals surface area (Å²) in [5.74, 6) is 0.146. The molecule has 2 aromatic heterocycles. The lowest BCUT2D eigenvalue weighted by atomic mass is 10.3. The van der Waals surface area contributed by atoms with Gasteiger partial charge in [-0.05, 0) is 41.9 Å². The molecular weight excluding hydrogens is 292 g/mol. The molecule has 0 atom stereocenters. The van der Waals surface area contributed by atoms with Crippen LogP contribution in [-0.4, -0.2) is 15.7 Å². The fraction of sp³-hybridized carbons (Fsp3) is 0. The van der Waals surface area contributed by atoms with Gasteiger partial charge in [0.15, 0.2) is 0 Å². The van der Waals surface area contributed by atoms with Crippen LogP contribution in [0.1, 0.15) is 10.4 Å². The van der Waals surface area contributed by atoms with Crippen LogP contribution < -0.4 is 11.1 Å². The van der Waals surface area contributed by atoms with Gasteiger partial charge in [0.2, 0.25) is 5.22 Å².